The number of nitrogens with zero attached hydrogens (tertiary/aromatic N) is 1. The molecule has 162 valence electrons. The quantitative estimate of drug-likeness (QED) is 0.581. The van der Waals surface area contributed by atoms with Gasteiger partial charge in [0.25, 0.3) is 0 Å². The van der Waals surface area contributed by atoms with E-state index < -0.39 is 12.0 Å². The summed E-state index contributed by atoms with van der Waals surface area (Å²) in [7, 11) is 2.26. The van der Waals surface area contributed by atoms with Gasteiger partial charge >= 0.3 is 5.97 Å². The van der Waals surface area contributed by atoms with Gasteiger partial charge in [-0.25, -0.2) is 4.79 Å². The van der Waals surface area contributed by atoms with Gasteiger partial charge in [0.2, 0.25) is 5.91 Å². The minimum atomic E-state index is -0.945. The lowest BCUT2D eigenvalue weighted by molar-refractivity contribution is -0.914. The van der Waals surface area contributed by atoms with Crippen LogP contribution in [-0.4, -0.2) is 54.2 Å². The fraction of sp³-hybridized carbons (Fsp3) is 0.667. The molecule has 0 saturated carbocycles. The summed E-state index contributed by atoms with van der Waals surface area (Å²) < 4.78 is 1.03. The molecule has 1 aliphatic rings. The Morgan fingerprint density at radius 3 is 2.24 bits per heavy atom. The second-order valence-corrected chi connectivity index (χ2v) is 9.45. The van der Waals surface area contributed by atoms with Gasteiger partial charge in [0.05, 0.1) is 32.6 Å². The molecular formula is C24H39N2O3+. The van der Waals surface area contributed by atoms with E-state index in [1.807, 2.05) is 19.1 Å². The van der Waals surface area contributed by atoms with Crippen LogP contribution in [0.15, 0.2) is 24.3 Å². The molecule has 0 aliphatic carbocycles. The van der Waals surface area contributed by atoms with Gasteiger partial charge in [0.1, 0.15) is 6.04 Å². The molecular weight excluding hydrogens is 364 g/mol. The highest BCUT2D eigenvalue weighted by atomic mass is 16.4. The average molecular weight is 404 g/mol. The van der Waals surface area contributed by atoms with Crippen molar-refractivity contribution in [2.75, 3.05) is 26.7 Å². The maximum Gasteiger partial charge on any atom is 0.326 e. The number of carbonyl (C=O) groups excluding carboxylic acids is 1. The predicted molar refractivity (Wildman–Crippen MR) is 117 cm³/mol. The van der Waals surface area contributed by atoms with Crippen LogP contribution >= 0.6 is 0 Å². The minimum absolute atomic E-state index is 0.215. The third-order valence-electron chi connectivity index (χ3n) is 6.22. The minimum Gasteiger partial charge on any atom is -0.480 e. The van der Waals surface area contributed by atoms with Crippen LogP contribution in [0.1, 0.15) is 69.9 Å². The van der Waals surface area contributed by atoms with Crippen molar-refractivity contribution in [1.29, 1.82) is 0 Å². The van der Waals surface area contributed by atoms with Gasteiger partial charge in [-0.2, -0.15) is 0 Å². The van der Waals surface area contributed by atoms with Gasteiger partial charge in [-0.15, -0.1) is 0 Å². The van der Waals surface area contributed by atoms with Gasteiger partial charge in [0, 0.05) is 0 Å². The van der Waals surface area contributed by atoms with Crippen LogP contribution in [0.25, 0.3) is 0 Å². The standard InChI is InChI=1S/C24H38N2O3/c1-18(2)17-20-10-12-21(13-11-20)19(3)23(27)25-22(24(28)29)9-8-16-26(4)14-6-5-7-15-26/h10-13,18-19,22H,5-9,14-17H2,1-4H3,(H-,25,27,28,29)/p+1/t19-,22?/m1/s1. The number of rotatable bonds is 10. The van der Waals surface area contributed by atoms with E-state index in [1.54, 1.807) is 0 Å². The molecule has 2 atom stereocenters. The third kappa shape index (κ3) is 7.46. The van der Waals surface area contributed by atoms with Gasteiger partial charge in [0.15, 0.2) is 0 Å². The zero-order valence-electron chi connectivity index (χ0n) is 18.6. The van der Waals surface area contributed by atoms with E-state index in [0.29, 0.717) is 12.3 Å². The number of carboxylic acid groups (broad SMARTS) is 1. The molecule has 2 N–H and O–H groups in total. The molecule has 2 rings (SSSR count). The largest absolute Gasteiger partial charge is 0.480 e. The second kappa shape index (κ2) is 10.8. The normalized spacial score (nSPS) is 18.2. The zero-order chi connectivity index (χ0) is 21.4. The zero-order valence-corrected chi connectivity index (χ0v) is 18.6. The summed E-state index contributed by atoms with van der Waals surface area (Å²) in [6, 6.07) is 7.28. The number of quaternary nitrogens is 1. The molecule has 1 amide bonds. The number of amides is 1. The number of carboxylic acids is 1. The van der Waals surface area contributed by atoms with Crippen LogP contribution in [0.4, 0.5) is 0 Å². The molecule has 1 aliphatic heterocycles. The predicted octanol–water partition coefficient (Wildman–Crippen LogP) is 3.97. The molecule has 1 saturated heterocycles. The van der Waals surface area contributed by atoms with Crippen molar-refractivity contribution >= 4 is 11.9 Å². The lowest BCUT2D eigenvalue weighted by Gasteiger charge is -2.38. The highest BCUT2D eigenvalue weighted by Gasteiger charge is 2.27. The molecule has 0 bridgehead atoms. The SMILES string of the molecule is CC(C)Cc1ccc([C@@H](C)C(=O)NC(CCC[N+]2(C)CCCCC2)C(=O)O)cc1. The fourth-order valence-electron chi connectivity index (χ4n) is 4.30. The molecule has 1 unspecified atom stereocenters. The topological polar surface area (TPSA) is 66.4 Å². The van der Waals surface area contributed by atoms with Crippen LogP contribution in [0.2, 0.25) is 0 Å². The highest BCUT2D eigenvalue weighted by molar-refractivity contribution is 5.87. The van der Waals surface area contributed by atoms with Gasteiger partial charge < -0.3 is 14.9 Å². The van der Waals surface area contributed by atoms with E-state index in [9.17, 15) is 14.7 Å². The molecule has 1 fully saturated rings. The number of piperidine rings is 1. The Balaban J connectivity index is 1.88. The number of nitrogens with one attached hydrogen (secondary N) is 1. The van der Waals surface area contributed by atoms with Crippen molar-refractivity contribution in [3.05, 3.63) is 35.4 Å². The van der Waals surface area contributed by atoms with E-state index in [2.05, 4.69) is 38.3 Å². The summed E-state index contributed by atoms with van der Waals surface area (Å²) >= 11 is 0. The van der Waals surface area contributed by atoms with Crippen molar-refractivity contribution in [2.24, 2.45) is 5.92 Å². The Hall–Kier alpha value is -1.88. The molecule has 0 radical (unpaired) electrons. The summed E-state index contributed by atoms with van der Waals surface area (Å²) in [5.41, 5.74) is 2.18. The van der Waals surface area contributed by atoms with E-state index in [-0.39, 0.29) is 11.8 Å². The van der Waals surface area contributed by atoms with Crippen LogP contribution < -0.4 is 5.32 Å². The Morgan fingerprint density at radius 2 is 1.69 bits per heavy atom. The average Bonchev–Trinajstić information content (AvgIpc) is 2.67. The Kier molecular flexibility index (Phi) is 8.69. The maximum atomic E-state index is 12.7. The number of benzene rings is 1. The summed E-state index contributed by atoms with van der Waals surface area (Å²) in [6.45, 7) is 9.53. The summed E-state index contributed by atoms with van der Waals surface area (Å²) in [6.07, 6.45) is 6.12. The van der Waals surface area contributed by atoms with Crippen LogP contribution in [0.5, 0.6) is 0 Å². The molecule has 29 heavy (non-hydrogen) atoms. The van der Waals surface area contributed by atoms with Crippen LogP contribution in [-0.2, 0) is 16.0 Å². The van der Waals surface area contributed by atoms with Gasteiger partial charge in [-0.05, 0) is 62.5 Å². The number of hydrogen-bond acceptors (Lipinski definition) is 2. The van der Waals surface area contributed by atoms with Crippen molar-refractivity contribution in [3.8, 4) is 0 Å². The van der Waals surface area contributed by atoms with Gasteiger partial charge in [-0.3, -0.25) is 4.79 Å². The molecule has 0 spiro atoms. The van der Waals surface area contributed by atoms with Crippen molar-refractivity contribution in [2.45, 2.75) is 71.3 Å². The Bertz CT molecular complexity index is 663. The van der Waals surface area contributed by atoms with E-state index in [0.717, 1.165) is 29.4 Å². The first-order valence-corrected chi connectivity index (χ1v) is 11.2. The Labute approximate surface area is 176 Å². The first-order valence-electron chi connectivity index (χ1n) is 11.2. The van der Waals surface area contributed by atoms with Gasteiger partial charge in [-0.1, -0.05) is 38.1 Å². The Morgan fingerprint density at radius 1 is 1.07 bits per heavy atom. The number of aliphatic carboxylic acids is 1. The molecule has 0 aromatic heterocycles. The molecule has 5 nitrogen and oxygen atoms in total. The molecule has 1 aromatic carbocycles. The lowest BCUT2D eigenvalue weighted by Crippen LogP contribution is -2.49. The van der Waals surface area contributed by atoms with E-state index >= 15 is 0 Å². The highest BCUT2D eigenvalue weighted by Crippen LogP contribution is 2.20. The number of hydrogen-bond donors (Lipinski definition) is 2. The first-order chi connectivity index (χ1) is 13.7. The lowest BCUT2D eigenvalue weighted by atomic mass is 9.96. The van der Waals surface area contributed by atoms with Crippen molar-refractivity contribution < 1.29 is 19.2 Å². The molecule has 1 heterocycles. The van der Waals surface area contributed by atoms with E-state index in [1.165, 1.54) is 37.9 Å². The fourth-order valence-corrected chi connectivity index (χ4v) is 4.30. The monoisotopic (exact) mass is 403 g/mol. The summed E-state index contributed by atoms with van der Waals surface area (Å²) in [4.78, 5) is 24.4. The third-order valence-corrected chi connectivity index (χ3v) is 6.22. The van der Waals surface area contributed by atoms with Crippen LogP contribution in [0, 0.1) is 5.92 Å². The van der Waals surface area contributed by atoms with E-state index in [4.69, 9.17) is 0 Å². The number of carbonyl (C=O) groups is 2. The van der Waals surface area contributed by atoms with Crippen molar-refractivity contribution in [3.63, 3.8) is 0 Å². The summed E-state index contributed by atoms with van der Waals surface area (Å²) in [5.74, 6) is -0.935. The first kappa shape index (κ1) is 23.4. The van der Waals surface area contributed by atoms with Crippen LogP contribution in [0.3, 0.4) is 0 Å². The van der Waals surface area contributed by atoms with Crippen molar-refractivity contribution in [1.82, 2.24) is 5.32 Å². The smallest absolute Gasteiger partial charge is 0.326 e. The summed E-state index contributed by atoms with van der Waals surface area (Å²) in [5, 5.41) is 12.3. The maximum absolute atomic E-state index is 12.7. The molecule has 5 heteroatoms. The molecule has 1 aromatic rings. The number of likely N-dealkylation sites (tertiary alicyclic amines) is 1. The second-order valence-electron chi connectivity index (χ2n) is 9.45.